The maximum atomic E-state index is 12.0. The molecule has 104 valence electrons. The fourth-order valence-electron chi connectivity index (χ4n) is 1.47. The van der Waals surface area contributed by atoms with E-state index in [-0.39, 0.29) is 17.0 Å². The maximum absolute atomic E-state index is 12.0. The molecule has 0 aromatic heterocycles. The summed E-state index contributed by atoms with van der Waals surface area (Å²) in [5.74, 6) is 0. The van der Waals surface area contributed by atoms with Crippen LogP contribution in [0.3, 0.4) is 0 Å². The summed E-state index contributed by atoms with van der Waals surface area (Å²) in [6, 6.07) is 5.81. The number of rotatable bonds is 6. The van der Waals surface area contributed by atoms with E-state index in [1.807, 2.05) is 6.92 Å². The van der Waals surface area contributed by atoms with Gasteiger partial charge >= 0.3 is 0 Å². The van der Waals surface area contributed by atoms with Crippen LogP contribution >= 0.6 is 11.6 Å². The Bertz CT molecular complexity index is 581. The summed E-state index contributed by atoms with van der Waals surface area (Å²) in [7, 11) is -3.77. The minimum Gasteiger partial charge on any atom is -0.393 e. The van der Waals surface area contributed by atoms with Gasteiger partial charge in [-0.3, -0.25) is 0 Å². The molecule has 1 atom stereocenters. The number of nitrogens with one attached hydrogen (secondary N) is 1. The number of halogens is 1. The lowest BCUT2D eigenvalue weighted by Crippen LogP contribution is -2.27. The van der Waals surface area contributed by atoms with Crippen molar-refractivity contribution in [3.8, 4) is 6.07 Å². The molecule has 1 rings (SSSR count). The normalized spacial score (nSPS) is 12.9. The molecule has 0 aliphatic heterocycles. The molecule has 1 aromatic carbocycles. The summed E-state index contributed by atoms with van der Waals surface area (Å²) in [4.78, 5) is -0.106. The van der Waals surface area contributed by atoms with Crippen molar-refractivity contribution >= 4 is 21.6 Å². The predicted molar refractivity (Wildman–Crippen MR) is 72.3 cm³/mol. The number of aliphatic hydroxyl groups is 1. The highest BCUT2D eigenvalue weighted by Gasteiger charge is 2.18. The van der Waals surface area contributed by atoms with Crippen molar-refractivity contribution < 1.29 is 13.5 Å². The van der Waals surface area contributed by atoms with Crippen molar-refractivity contribution in [1.82, 2.24) is 4.72 Å². The van der Waals surface area contributed by atoms with E-state index in [1.165, 1.54) is 18.2 Å². The Kier molecular flexibility index (Phi) is 5.76. The van der Waals surface area contributed by atoms with Crippen LogP contribution in [0, 0.1) is 11.3 Å². The zero-order valence-electron chi connectivity index (χ0n) is 10.4. The second kappa shape index (κ2) is 6.87. The number of benzene rings is 1. The van der Waals surface area contributed by atoms with E-state index in [0.717, 1.165) is 0 Å². The van der Waals surface area contributed by atoms with E-state index in [0.29, 0.717) is 17.9 Å². The fraction of sp³-hybridized carbons (Fsp3) is 0.417. The van der Waals surface area contributed by atoms with E-state index in [2.05, 4.69) is 4.72 Å². The van der Waals surface area contributed by atoms with E-state index in [9.17, 15) is 13.5 Å². The Hall–Kier alpha value is -1.13. The summed E-state index contributed by atoms with van der Waals surface area (Å²) in [5.41, 5.74) is -0.00367. The van der Waals surface area contributed by atoms with Gasteiger partial charge in [0.25, 0.3) is 0 Å². The van der Waals surface area contributed by atoms with Gasteiger partial charge in [0.05, 0.1) is 16.6 Å². The molecular formula is C12H15ClN2O3S. The molecule has 2 N–H and O–H groups in total. The lowest BCUT2D eigenvalue weighted by molar-refractivity contribution is 0.162. The van der Waals surface area contributed by atoms with Crippen LogP contribution in [0.1, 0.15) is 25.3 Å². The number of aliphatic hydroxyl groups excluding tert-OH is 1. The number of hydrogen-bond donors (Lipinski definition) is 2. The van der Waals surface area contributed by atoms with Crippen LogP contribution in [-0.4, -0.2) is 26.2 Å². The highest BCUT2D eigenvalue weighted by atomic mass is 35.5. The van der Waals surface area contributed by atoms with Gasteiger partial charge in [0.15, 0.2) is 0 Å². The smallest absolute Gasteiger partial charge is 0.241 e. The van der Waals surface area contributed by atoms with Gasteiger partial charge in [-0.2, -0.15) is 5.26 Å². The molecule has 7 heteroatoms. The Morgan fingerprint density at radius 1 is 1.53 bits per heavy atom. The third kappa shape index (κ3) is 4.48. The number of hydrogen-bond acceptors (Lipinski definition) is 4. The van der Waals surface area contributed by atoms with E-state index in [1.54, 1.807) is 6.07 Å². The highest BCUT2D eigenvalue weighted by molar-refractivity contribution is 7.89. The van der Waals surface area contributed by atoms with Crippen LogP contribution in [-0.2, 0) is 10.0 Å². The summed E-state index contributed by atoms with van der Waals surface area (Å²) in [6.07, 6.45) is 0.348. The van der Waals surface area contributed by atoms with Gasteiger partial charge in [0.2, 0.25) is 10.0 Å². The minimum absolute atomic E-state index is 0.00367. The molecule has 1 aromatic rings. The number of nitriles is 1. The molecule has 0 spiro atoms. The molecule has 0 fully saturated rings. The quantitative estimate of drug-likeness (QED) is 0.836. The van der Waals surface area contributed by atoms with Crippen molar-refractivity contribution in [2.45, 2.75) is 30.8 Å². The zero-order chi connectivity index (χ0) is 14.5. The molecule has 1 unspecified atom stereocenters. The first-order valence-corrected chi connectivity index (χ1v) is 7.64. The van der Waals surface area contributed by atoms with Crippen LogP contribution in [0.25, 0.3) is 0 Å². The number of sulfonamides is 1. The second-order valence-corrected chi connectivity index (χ2v) is 6.17. The average molecular weight is 303 g/mol. The monoisotopic (exact) mass is 302 g/mol. The Labute approximate surface area is 117 Å². The van der Waals surface area contributed by atoms with Gasteiger partial charge in [-0.1, -0.05) is 18.5 Å². The Balaban J connectivity index is 2.87. The minimum atomic E-state index is -3.77. The van der Waals surface area contributed by atoms with Crippen molar-refractivity contribution in [3.63, 3.8) is 0 Å². The standard InChI is InChI=1S/C12H15ClN2O3S/c1-2-11(16)5-6-15-19(17,18)12-4-3-10(13)7-9(12)8-14/h3-4,7,11,15-16H,2,5-6H2,1H3. The van der Waals surface area contributed by atoms with E-state index in [4.69, 9.17) is 16.9 Å². The Morgan fingerprint density at radius 2 is 2.21 bits per heavy atom. The summed E-state index contributed by atoms with van der Waals surface area (Å²) < 4.78 is 26.4. The SMILES string of the molecule is CCC(O)CCNS(=O)(=O)c1ccc(Cl)cc1C#N. The van der Waals surface area contributed by atoms with Crippen molar-refractivity contribution in [2.75, 3.05) is 6.54 Å². The second-order valence-electron chi connectivity index (χ2n) is 4.00. The molecule has 0 amide bonds. The van der Waals surface area contributed by atoms with Crippen molar-refractivity contribution in [2.24, 2.45) is 0 Å². The van der Waals surface area contributed by atoms with E-state index < -0.39 is 16.1 Å². The molecule has 0 aliphatic rings. The summed E-state index contributed by atoms with van der Waals surface area (Å²) in [6.45, 7) is 1.93. The zero-order valence-corrected chi connectivity index (χ0v) is 12.0. The molecule has 0 saturated carbocycles. The molecule has 0 heterocycles. The molecular weight excluding hydrogens is 288 g/mol. The topological polar surface area (TPSA) is 90.2 Å². The Morgan fingerprint density at radius 3 is 2.79 bits per heavy atom. The van der Waals surface area contributed by atoms with Crippen molar-refractivity contribution in [3.05, 3.63) is 28.8 Å². The first-order valence-electron chi connectivity index (χ1n) is 5.78. The fourth-order valence-corrected chi connectivity index (χ4v) is 2.82. The van der Waals surface area contributed by atoms with Crippen molar-refractivity contribution in [1.29, 1.82) is 5.26 Å². The summed E-state index contributed by atoms with van der Waals surface area (Å²) in [5, 5.41) is 18.6. The van der Waals surface area contributed by atoms with Crippen LogP contribution < -0.4 is 4.72 Å². The highest BCUT2D eigenvalue weighted by Crippen LogP contribution is 2.19. The van der Waals surface area contributed by atoms with Crippen LogP contribution in [0.2, 0.25) is 5.02 Å². The van der Waals surface area contributed by atoms with Crippen LogP contribution in [0.4, 0.5) is 0 Å². The van der Waals surface area contributed by atoms with Gasteiger partial charge in [0.1, 0.15) is 6.07 Å². The molecule has 19 heavy (non-hydrogen) atoms. The molecule has 0 saturated heterocycles. The summed E-state index contributed by atoms with van der Waals surface area (Å²) >= 11 is 5.71. The van der Waals surface area contributed by atoms with Gasteiger partial charge < -0.3 is 5.11 Å². The number of nitrogens with zero attached hydrogens (tertiary/aromatic N) is 1. The third-order valence-corrected chi connectivity index (χ3v) is 4.35. The predicted octanol–water partition coefficient (Wildman–Crippen LogP) is 1.65. The van der Waals surface area contributed by atoms with Gasteiger partial charge in [-0.15, -0.1) is 0 Å². The lowest BCUT2D eigenvalue weighted by Gasteiger charge is -2.10. The molecule has 0 aliphatic carbocycles. The van der Waals surface area contributed by atoms with Gasteiger partial charge in [-0.25, -0.2) is 13.1 Å². The van der Waals surface area contributed by atoms with Gasteiger partial charge in [0, 0.05) is 11.6 Å². The average Bonchev–Trinajstić information content (AvgIpc) is 2.37. The van der Waals surface area contributed by atoms with Crippen LogP contribution in [0.15, 0.2) is 23.1 Å². The maximum Gasteiger partial charge on any atom is 0.241 e. The van der Waals surface area contributed by atoms with Crippen LogP contribution in [0.5, 0.6) is 0 Å². The lowest BCUT2D eigenvalue weighted by atomic mass is 10.2. The third-order valence-electron chi connectivity index (χ3n) is 2.59. The largest absolute Gasteiger partial charge is 0.393 e. The van der Waals surface area contributed by atoms with E-state index >= 15 is 0 Å². The molecule has 5 nitrogen and oxygen atoms in total. The first kappa shape index (κ1) is 15.9. The molecule has 0 radical (unpaired) electrons. The molecule has 0 bridgehead atoms. The first-order chi connectivity index (χ1) is 8.90. The van der Waals surface area contributed by atoms with Gasteiger partial charge in [-0.05, 0) is 31.0 Å².